The lowest BCUT2D eigenvalue weighted by molar-refractivity contribution is -0.109. The predicted octanol–water partition coefficient (Wildman–Crippen LogP) is 2.82. The van der Waals surface area contributed by atoms with Gasteiger partial charge in [0.05, 0.1) is 9.89 Å². The van der Waals surface area contributed by atoms with E-state index >= 15 is 0 Å². The number of benzene rings is 1. The number of carbonyl (C=O) groups excluding carboxylic acids is 1. The molecule has 0 N–H and O–H groups in total. The summed E-state index contributed by atoms with van der Waals surface area (Å²) in [6.07, 6.45) is 2.39. The van der Waals surface area contributed by atoms with Crippen LogP contribution in [0, 0.1) is 5.82 Å². The SMILES string of the molecule is O=CC1(c2cccc(Br)c2F)CC1. The highest BCUT2D eigenvalue weighted by atomic mass is 79.9. The molecule has 0 atom stereocenters. The average Bonchev–Trinajstić information content (AvgIpc) is 2.90. The van der Waals surface area contributed by atoms with Crippen molar-refractivity contribution in [3.8, 4) is 0 Å². The summed E-state index contributed by atoms with van der Waals surface area (Å²) >= 11 is 3.10. The number of rotatable bonds is 2. The highest BCUT2D eigenvalue weighted by Crippen LogP contribution is 2.47. The molecule has 0 saturated heterocycles. The minimum absolute atomic E-state index is 0.299. The van der Waals surface area contributed by atoms with Gasteiger partial charge in [0.25, 0.3) is 0 Å². The molecule has 0 radical (unpaired) electrons. The Morgan fingerprint density at radius 1 is 1.46 bits per heavy atom. The van der Waals surface area contributed by atoms with E-state index in [0.29, 0.717) is 10.0 Å². The molecule has 13 heavy (non-hydrogen) atoms. The Morgan fingerprint density at radius 2 is 2.15 bits per heavy atom. The summed E-state index contributed by atoms with van der Waals surface area (Å²) in [4.78, 5) is 10.8. The molecule has 1 saturated carbocycles. The molecule has 1 aliphatic carbocycles. The minimum atomic E-state index is -0.520. The summed E-state index contributed by atoms with van der Waals surface area (Å²) in [6, 6.07) is 5.08. The summed E-state index contributed by atoms with van der Waals surface area (Å²) in [5.41, 5.74) is 0.00491. The second kappa shape index (κ2) is 2.91. The zero-order valence-electron chi connectivity index (χ0n) is 6.89. The fourth-order valence-electron chi connectivity index (χ4n) is 1.47. The maximum absolute atomic E-state index is 13.5. The van der Waals surface area contributed by atoms with Gasteiger partial charge in [-0.05, 0) is 34.8 Å². The van der Waals surface area contributed by atoms with Gasteiger partial charge in [0, 0.05) is 5.56 Å². The predicted molar refractivity (Wildman–Crippen MR) is 51.1 cm³/mol. The maximum atomic E-state index is 13.5. The number of aldehydes is 1. The molecular weight excluding hydrogens is 235 g/mol. The van der Waals surface area contributed by atoms with Crippen LogP contribution in [0.2, 0.25) is 0 Å². The van der Waals surface area contributed by atoms with Gasteiger partial charge in [0.1, 0.15) is 12.1 Å². The molecule has 3 heteroatoms. The minimum Gasteiger partial charge on any atom is -0.302 e. The van der Waals surface area contributed by atoms with E-state index in [9.17, 15) is 9.18 Å². The standard InChI is InChI=1S/C10H8BrFO/c11-8-3-1-2-7(9(8)12)10(6-13)4-5-10/h1-3,6H,4-5H2. The molecule has 1 nitrogen and oxygen atoms in total. The molecule has 1 aromatic carbocycles. The maximum Gasteiger partial charge on any atom is 0.141 e. The third-order valence-electron chi connectivity index (χ3n) is 2.50. The van der Waals surface area contributed by atoms with E-state index in [4.69, 9.17) is 0 Å². The molecule has 0 spiro atoms. The Bertz CT molecular complexity index is 358. The monoisotopic (exact) mass is 242 g/mol. The van der Waals surface area contributed by atoms with Crippen LogP contribution in [0.1, 0.15) is 18.4 Å². The van der Waals surface area contributed by atoms with Crippen molar-refractivity contribution in [3.05, 3.63) is 34.1 Å². The van der Waals surface area contributed by atoms with E-state index in [1.807, 2.05) is 0 Å². The molecule has 1 aliphatic rings. The van der Waals surface area contributed by atoms with Crippen LogP contribution in [0.5, 0.6) is 0 Å². The lowest BCUT2D eigenvalue weighted by Gasteiger charge is -2.09. The van der Waals surface area contributed by atoms with E-state index in [1.165, 1.54) is 0 Å². The Hall–Kier alpha value is -0.700. The highest BCUT2D eigenvalue weighted by molar-refractivity contribution is 9.10. The normalized spacial score (nSPS) is 18.3. The van der Waals surface area contributed by atoms with E-state index in [0.717, 1.165) is 19.1 Å². The Morgan fingerprint density at radius 3 is 2.69 bits per heavy atom. The van der Waals surface area contributed by atoms with E-state index < -0.39 is 5.41 Å². The molecule has 0 aliphatic heterocycles. The van der Waals surface area contributed by atoms with E-state index in [-0.39, 0.29) is 5.82 Å². The Balaban J connectivity index is 2.52. The van der Waals surface area contributed by atoms with Gasteiger partial charge in [-0.1, -0.05) is 12.1 Å². The van der Waals surface area contributed by atoms with Gasteiger partial charge in [-0.2, -0.15) is 0 Å². The molecule has 0 heterocycles. The van der Waals surface area contributed by atoms with Crippen molar-refractivity contribution in [2.45, 2.75) is 18.3 Å². The van der Waals surface area contributed by atoms with Gasteiger partial charge in [-0.3, -0.25) is 0 Å². The first-order valence-electron chi connectivity index (χ1n) is 4.10. The first-order chi connectivity index (χ1) is 6.19. The van der Waals surface area contributed by atoms with Gasteiger partial charge in [-0.25, -0.2) is 4.39 Å². The van der Waals surface area contributed by atoms with Crippen LogP contribution in [-0.2, 0) is 10.2 Å². The highest BCUT2D eigenvalue weighted by Gasteiger charge is 2.46. The number of hydrogen-bond acceptors (Lipinski definition) is 1. The van der Waals surface area contributed by atoms with Gasteiger partial charge < -0.3 is 4.79 Å². The fraction of sp³-hybridized carbons (Fsp3) is 0.300. The van der Waals surface area contributed by atoms with Crippen molar-refractivity contribution in [3.63, 3.8) is 0 Å². The third-order valence-corrected chi connectivity index (χ3v) is 3.11. The van der Waals surface area contributed by atoms with Crippen LogP contribution in [0.25, 0.3) is 0 Å². The topological polar surface area (TPSA) is 17.1 Å². The largest absolute Gasteiger partial charge is 0.302 e. The van der Waals surface area contributed by atoms with Crippen LogP contribution < -0.4 is 0 Å². The molecule has 0 unspecified atom stereocenters. The summed E-state index contributed by atoms with van der Waals surface area (Å²) in [7, 11) is 0. The van der Waals surface area contributed by atoms with Crippen LogP contribution in [-0.4, -0.2) is 6.29 Å². The van der Waals surface area contributed by atoms with Crippen LogP contribution in [0.4, 0.5) is 4.39 Å². The first kappa shape index (κ1) is 8.88. The van der Waals surface area contributed by atoms with Crippen molar-refractivity contribution in [1.82, 2.24) is 0 Å². The second-order valence-electron chi connectivity index (χ2n) is 3.38. The summed E-state index contributed by atoms with van der Waals surface area (Å²) in [6.45, 7) is 0. The van der Waals surface area contributed by atoms with E-state index in [2.05, 4.69) is 15.9 Å². The van der Waals surface area contributed by atoms with Gasteiger partial charge in [0.15, 0.2) is 0 Å². The van der Waals surface area contributed by atoms with Crippen LogP contribution in [0.3, 0.4) is 0 Å². The van der Waals surface area contributed by atoms with Crippen molar-refractivity contribution >= 4 is 22.2 Å². The quantitative estimate of drug-likeness (QED) is 0.730. The van der Waals surface area contributed by atoms with Gasteiger partial charge in [0.2, 0.25) is 0 Å². The Labute approximate surface area is 84.1 Å². The van der Waals surface area contributed by atoms with Gasteiger partial charge >= 0.3 is 0 Å². The van der Waals surface area contributed by atoms with E-state index in [1.54, 1.807) is 18.2 Å². The summed E-state index contributed by atoms with van der Waals surface area (Å²) in [5, 5.41) is 0. The zero-order valence-corrected chi connectivity index (χ0v) is 8.47. The number of carbonyl (C=O) groups is 1. The summed E-state index contributed by atoms with van der Waals surface area (Å²) in [5.74, 6) is -0.299. The molecule has 1 aromatic rings. The summed E-state index contributed by atoms with van der Waals surface area (Å²) < 4.78 is 13.9. The molecule has 68 valence electrons. The molecule has 1 fully saturated rings. The molecule has 2 rings (SSSR count). The second-order valence-corrected chi connectivity index (χ2v) is 4.23. The van der Waals surface area contributed by atoms with Crippen molar-refractivity contribution < 1.29 is 9.18 Å². The number of halogens is 2. The lowest BCUT2D eigenvalue weighted by Crippen LogP contribution is -2.10. The van der Waals surface area contributed by atoms with Crippen molar-refractivity contribution in [2.24, 2.45) is 0 Å². The van der Waals surface area contributed by atoms with Crippen molar-refractivity contribution in [1.29, 1.82) is 0 Å². The Kier molecular flexibility index (Phi) is 1.99. The first-order valence-corrected chi connectivity index (χ1v) is 4.90. The molecule has 0 amide bonds. The molecular formula is C10H8BrFO. The average molecular weight is 243 g/mol. The smallest absolute Gasteiger partial charge is 0.141 e. The molecule has 0 bridgehead atoms. The van der Waals surface area contributed by atoms with Crippen molar-refractivity contribution in [2.75, 3.05) is 0 Å². The van der Waals surface area contributed by atoms with Gasteiger partial charge in [-0.15, -0.1) is 0 Å². The number of hydrogen-bond donors (Lipinski definition) is 0. The molecule has 0 aromatic heterocycles. The van der Waals surface area contributed by atoms with Crippen LogP contribution >= 0.6 is 15.9 Å². The lowest BCUT2D eigenvalue weighted by atomic mass is 9.97. The third kappa shape index (κ3) is 1.31. The fourth-order valence-corrected chi connectivity index (χ4v) is 1.84. The van der Waals surface area contributed by atoms with Crippen LogP contribution in [0.15, 0.2) is 22.7 Å². The zero-order chi connectivity index (χ0) is 9.47.